The summed E-state index contributed by atoms with van der Waals surface area (Å²) in [4.78, 5) is 13.8. The van der Waals surface area contributed by atoms with Gasteiger partial charge < -0.3 is 14.4 Å². The van der Waals surface area contributed by atoms with Crippen molar-refractivity contribution in [3.63, 3.8) is 0 Å². The molecule has 1 aliphatic rings. The Morgan fingerprint density at radius 2 is 1.91 bits per heavy atom. The first-order valence-electron chi connectivity index (χ1n) is 8.24. The molecule has 0 aromatic carbocycles. The van der Waals surface area contributed by atoms with Crippen LogP contribution in [0.5, 0.6) is 0 Å². The van der Waals surface area contributed by atoms with Gasteiger partial charge in [-0.1, -0.05) is 6.92 Å². The highest BCUT2D eigenvalue weighted by Gasteiger charge is 2.41. The molecular weight excluding hydrogens is 318 g/mol. The van der Waals surface area contributed by atoms with Gasteiger partial charge in [0.15, 0.2) is 9.84 Å². The average molecular weight is 349 g/mol. The van der Waals surface area contributed by atoms with Crippen LogP contribution in [0, 0.1) is 0 Å². The highest BCUT2D eigenvalue weighted by molar-refractivity contribution is 7.91. The van der Waals surface area contributed by atoms with Crippen molar-refractivity contribution < 1.29 is 22.7 Å². The second kappa shape index (κ2) is 7.38. The van der Waals surface area contributed by atoms with Gasteiger partial charge in [0.1, 0.15) is 5.60 Å². The summed E-state index contributed by atoms with van der Waals surface area (Å²) < 4.78 is 35.0. The highest BCUT2D eigenvalue weighted by Crippen LogP contribution is 2.30. The van der Waals surface area contributed by atoms with Gasteiger partial charge in [-0.15, -0.1) is 0 Å². The van der Waals surface area contributed by atoms with Gasteiger partial charge in [0, 0.05) is 6.54 Å². The molecule has 0 saturated carbocycles. The predicted molar refractivity (Wildman–Crippen MR) is 90.3 cm³/mol. The first-order chi connectivity index (χ1) is 10.4. The quantitative estimate of drug-likeness (QED) is 0.737. The number of carbonyl (C=O) groups is 1. The van der Waals surface area contributed by atoms with Crippen LogP contribution in [0.4, 0.5) is 4.79 Å². The minimum absolute atomic E-state index is 0.0128. The van der Waals surface area contributed by atoms with Crippen LogP contribution in [0.25, 0.3) is 0 Å². The molecule has 0 aromatic rings. The fraction of sp³-hybridized carbons (Fsp3) is 0.938. The van der Waals surface area contributed by atoms with Crippen molar-refractivity contribution in [2.45, 2.75) is 70.8 Å². The Balaban J connectivity index is 2.59. The first-order valence-corrected chi connectivity index (χ1v) is 9.96. The maximum Gasteiger partial charge on any atom is 0.410 e. The summed E-state index contributed by atoms with van der Waals surface area (Å²) in [5.41, 5.74) is -0.996. The molecule has 1 amide bonds. The van der Waals surface area contributed by atoms with E-state index in [2.05, 4.69) is 0 Å². The monoisotopic (exact) mass is 349 g/mol. The Bertz CT molecular complexity index is 509. The van der Waals surface area contributed by atoms with Crippen LogP contribution in [-0.2, 0) is 19.3 Å². The van der Waals surface area contributed by atoms with E-state index >= 15 is 0 Å². The number of rotatable bonds is 6. The van der Waals surface area contributed by atoms with Gasteiger partial charge in [0.05, 0.1) is 29.8 Å². The van der Waals surface area contributed by atoms with Crippen LogP contribution in [-0.4, -0.2) is 61.3 Å². The van der Waals surface area contributed by atoms with Crippen molar-refractivity contribution in [1.29, 1.82) is 0 Å². The minimum atomic E-state index is -3.11. The molecule has 0 spiro atoms. The third kappa shape index (κ3) is 5.95. The zero-order valence-corrected chi connectivity index (χ0v) is 16.0. The lowest BCUT2D eigenvalue weighted by molar-refractivity contribution is -0.0356. The molecule has 1 atom stereocenters. The number of likely N-dealkylation sites (tertiary alicyclic amines) is 1. The molecule has 0 aromatic heterocycles. The summed E-state index contributed by atoms with van der Waals surface area (Å²) in [6.07, 6.45) is 1.09. The van der Waals surface area contributed by atoms with Gasteiger partial charge in [-0.3, -0.25) is 0 Å². The van der Waals surface area contributed by atoms with Crippen LogP contribution in [0.3, 0.4) is 0 Å². The number of amides is 1. The summed E-state index contributed by atoms with van der Waals surface area (Å²) in [5, 5.41) is -0.398. The Labute approximate surface area is 140 Å². The van der Waals surface area contributed by atoms with E-state index in [1.54, 1.807) is 18.7 Å². The molecule has 0 bridgehead atoms. The number of ether oxygens (including phenoxy) is 2. The van der Waals surface area contributed by atoms with Crippen LogP contribution in [0.15, 0.2) is 0 Å². The zero-order valence-electron chi connectivity index (χ0n) is 15.2. The fourth-order valence-electron chi connectivity index (χ4n) is 2.45. The molecule has 23 heavy (non-hydrogen) atoms. The standard InChI is InChI=1S/C16H31NO5S/c1-7-16(21-10-11-23(19,20)13(2)3)8-9-17(12-16)14(18)22-15(4,5)6/h13H,7-12H2,1-6H3. The van der Waals surface area contributed by atoms with E-state index in [1.807, 2.05) is 27.7 Å². The van der Waals surface area contributed by atoms with Crippen molar-refractivity contribution in [2.75, 3.05) is 25.4 Å². The summed E-state index contributed by atoms with van der Waals surface area (Å²) in [7, 11) is -3.11. The number of sulfone groups is 1. The van der Waals surface area contributed by atoms with Gasteiger partial charge in [-0.05, 0) is 47.5 Å². The predicted octanol–water partition coefficient (Wildman–Crippen LogP) is 2.62. The molecule has 1 rings (SSSR count). The fourth-order valence-corrected chi connectivity index (χ4v) is 3.23. The van der Waals surface area contributed by atoms with Crippen molar-refractivity contribution in [1.82, 2.24) is 4.90 Å². The summed E-state index contributed by atoms with van der Waals surface area (Å²) >= 11 is 0. The third-order valence-electron chi connectivity index (χ3n) is 4.11. The van der Waals surface area contributed by atoms with Crippen molar-refractivity contribution in [2.24, 2.45) is 0 Å². The molecule has 1 unspecified atom stereocenters. The lowest BCUT2D eigenvalue weighted by Gasteiger charge is -2.29. The lowest BCUT2D eigenvalue weighted by atomic mass is 10.00. The average Bonchev–Trinajstić information content (AvgIpc) is 2.81. The first kappa shape index (κ1) is 20.2. The van der Waals surface area contributed by atoms with Crippen molar-refractivity contribution in [3.8, 4) is 0 Å². The van der Waals surface area contributed by atoms with E-state index in [1.165, 1.54) is 0 Å². The molecule has 7 heteroatoms. The van der Waals surface area contributed by atoms with E-state index in [-0.39, 0.29) is 18.5 Å². The smallest absolute Gasteiger partial charge is 0.410 e. The Hall–Kier alpha value is -0.820. The lowest BCUT2D eigenvalue weighted by Crippen LogP contribution is -2.41. The van der Waals surface area contributed by atoms with Gasteiger partial charge in [-0.2, -0.15) is 0 Å². The molecule has 1 fully saturated rings. The summed E-state index contributed by atoms with van der Waals surface area (Å²) in [6, 6.07) is 0. The van der Waals surface area contributed by atoms with Crippen molar-refractivity contribution in [3.05, 3.63) is 0 Å². The van der Waals surface area contributed by atoms with Crippen LogP contribution >= 0.6 is 0 Å². The number of hydrogen-bond donors (Lipinski definition) is 0. The maximum absolute atomic E-state index is 12.1. The maximum atomic E-state index is 12.1. The van der Waals surface area contributed by atoms with E-state index in [9.17, 15) is 13.2 Å². The largest absolute Gasteiger partial charge is 0.444 e. The number of carbonyl (C=O) groups excluding carboxylic acids is 1. The molecule has 0 aliphatic carbocycles. The minimum Gasteiger partial charge on any atom is -0.444 e. The Morgan fingerprint density at radius 3 is 2.39 bits per heavy atom. The SMILES string of the molecule is CCC1(OCCS(=O)(=O)C(C)C)CCN(C(=O)OC(C)(C)C)C1. The third-order valence-corrected chi connectivity index (χ3v) is 6.28. The second-order valence-electron chi connectivity index (χ2n) is 7.45. The van der Waals surface area contributed by atoms with Gasteiger partial charge >= 0.3 is 6.09 Å². The van der Waals surface area contributed by atoms with Crippen LogP contribution < -0.4 is 0 Å². The highest BCUT2D eigenvalue weighted by atomic mass is 32.2. The van der Waals surface area contributed by atoms with E-state index in [0.29, 0.717) is 19.5 Å². The zero-order chi connectivity index (χ0) is 17.9. The van der Waals surface area contributed by atoms with Gasteiger partial charge in [-0.25, -0.2) is 13.2 Å². The molecule has 1 aliphatic heterocycles. The van der Waals surface area contributed by atoms with Crippen LogP contribution in [0.1, 0.15) is 54.4 Å². The molecule has 6 nitrogen and oxygen atoms in total. The van der Waals surface area contributed by atoms with E-state index in [0.717, 1.165) is 6.42 Å². The summed E-state index contributed by atoms with van der Waals surface area (Å²) in [5.74, 6) is 0.0128. The normalized spacial score (nSPS) is 22.7. The van der Waals surface area contributed by atoms with E-state index < -0.39 is 26.3 Å². The molecule has 1 saturated heterocycles. The van der Waals surface area contributed by atoms with Gasteiger partial charge in [0.2, 0.25) is 0 Å². The number of nitrogens with zero attached hydrogens (tertiary/aromatic N) is 1. The molecular formula is C16H31NO5S. The molecule has 0 N–H and O–H groups in total. The van der Waals surface area contributed by atoms with Gasteiger partial charge in [0.25, 0.3) is 0 Å². The Kier molecular flexibility index (Phi) is 6.49. The van der Waals surface area contributed by atoms with E-state index in [4.69, 9.17) is 9.47 Å². The molecule has 0 radical (unpaired) electrons. The second-order valence-corrected chi connectivity index (χ2v) is 10.1. The molecule has 136 valence electrons. The molecule has 1 heterocycles. The number of hydrogen-bond acceptors (Lipinski definition) is 5. The summed E-state index contributed by atoms with van der Waals surface area (Å²) in [6.45, 7) is 12.0. The Morgan fingerprint density at radius 1 is 1.30 bits per heavy atom. The van der Waals surface area contributed by atoms with Crippen molar-refractivity contribution >= 4 is 15.9 Å². The van der Waals surface area contributed by atoms with Crippen LogP contribution in [0.2, 0.25) is 0 Å². The topological polar surface area (TPSA) is 72.9 Å².